The van der Waals surface area contributed by atoms with Gasteiger partial charge in [0.25, 0.3) is 0 Å². The van der Waals surface area contributed by atoms with Crippen LogP contribution in [-0.4, -0.2) is 22.4 Å². The Morgan fingerprint density at radius 3 is 2.83 bits per heavy atom. The molecule has 0 radical (unpaired) electrons. The topological polar surface area (TPSA) is 72.2 Å². The van der Waals surface area contributed by atoms with Crippen LogP contribution in [0.25, 0.3) is 0 Å². The molecular formula is C12H17FN2O2S. The van der Waals surface area contributed by atoms with E-state index in [0.29, 0.717) is 12.1 Å². The van der Waals surface area contributed by atoms with Crippen molar-refractivity contribution in [1.29, 1.82) is 0 Å². The van der Waals surface area contributed by atoms with E-state index < -0.39 is 16.6 Å². The molecule has 100 valence electrons. The molecule has 0 aliphatic heterocycles. The zero-order chi connectivity index (χ0) is 13.5. The van der Waals surface area contributed by atoms with Crippen LogP contribution >= 0.6 is 0 Å². The van der Waals surface area contributed by atoms with Crippen LogP contribution in [0.1, 0.15) is 18.9 Å². The van der Waals surface area contributed by atoms with Gasteiger partial charge < -0.3 is 11.1 Å². The van der Waals surface area contributed by atoms with E-state index in [1.807, 2.05) is 6.92 Å². The summed E-state index contributed by atoms with van der Waals surface area (Å²) in [7, 11) is -1.34. The van der Waals surface area contributed by atoms with E-state index in [1.165, 1.54) is 12.1 Å². The Morgan fingerprint density at radius 2 is 2.22 bits per heavy atom. The Morgan fingerprint density at radius 1 is 1.50 bits per heavy atom. The van der Waals surface area contributed by atoms with Gasteiger partial charge in [0, 0.05) is 23.1 Å². The van der Waals surface area contributed by atoms with Gasteiger partial charge in [-0.3, -0.25) is 9.00 Å². The molecule has 1 atom stereocenters. The van der Waals surface area contributed by atoms with Crippen molar-refractivity contribution in [2.24, 2.45) is 0 Å². The number of halogens is 1. The highest BCUT2D eigenvalue weighted by atomic mass is 32.2. The maximum atomic E-state index is 13.2. The van der Waals surface area contributed by atoms with Gasteiger partial charge in [-0.15, -0.1) is 0 Å². The molecule has 0 saturated heterocycles. The maximum Gasteiger partial charge on any atom is 0.232 e. The lowest BCUT2D eigenvalue weighted by atomic mass is 10.2. The Kier molecular flexibility index (Phi) is 5.77. The fourth-order valence-electron chi connectivity index (χ4n) is 1.36. The first-order valence-corrected chi connectivity index (χ1v) is 7.17. The third kappa shape index (κ3) is 4.83. The van der Waals surface area contributed by atoms with E-state index in [0.717, 1.165) is 6.42 Å². The van der Waals surface area contributed by atoms with Crippen molar-refractivity contribution in [2.45, 2.75) is 19.1 Å². The van der Waals surface area contributed by atoms with E-state index in [-0.39, 0.29) is 23.1 Å². The second-order valence-corrected chi connectivity index (χ2v) is 5.39. The van der Waals surface area contributed by atoms with Gasteiger partial charge in [0.2, 0.25) is 5.91 Å². The molecule has 0 saturated carbocycles. The summed E-state index contributed by atoms with van der Waals surface area (Å²) in [4.78, 5) is 11.3. The number of anilines is 1. The van der Waals surface area contributed by atoms with Crippen LogP contribution in [0.5, 0.6) is 0 Å². The summed E-state index contributed by atoms with van der Waals surface area (Å²) in [5.74, 6) is -0.686. The molecule has 0 fully saturated rings. The van der Waals surface area contributed by atoms with Crippen molar-refractivity contribution in [2.75, 3.05) is 18.0 Å². The summed E-state index contributed by atoms with van der Waals surface area (Å²) in [5, 5.41) is 2.64. The molecule has 3 N–H and O–H groups in total. The average molecular weight is 272 g/mol. The zero-order valence-electron chi connectivity index (χ0n) is 10.2. The molecule has 0 aromatic heterocycles. The van der Waals surface area contributed by atoms with Crippen LogP contribution in [0.15, 0.2) is 18.2 Å². The van der Waals surface area contributed by atoms with Crippen LogP contribution in [0, 0.1) is 5.82 Å². The van der Waals surface area contributed by atoms with Gasteiger partial charge in [-0.2, -0.15) is 0 Å². The van der Waals surface area contributed by atoms with Crippen molar-refractivity contribution in [3.05, 3.63) is 29.6 Å². The lowest BCUT2D eigenvalue weighted by Gasteiger charge is -2.05. The van der Waals surface area contributed by atoms with Crippen molar-refractivity contribution in [1.82, 2.24) is 5.32 Å². The number of carbonyl (C=O) groups is 1. The molecule has 0 aliphatic carbocycles. The molecule has 1 amide bonds. The number of hydrogen-bond acceptors (Lipinski definition) is 3. The average Bonchev–Trinajstić information content (AvgIpc) is 2.31. The van der Waals surface area contributed by atoms with Gasteiger partial charge in [-0.25, -0.2) is 4.39 Å². The van der Waals surface area contributed by atoms with Gasteiger partial charge in [0.1, 0.15) is 11.6 Å². The predicted molar refractivity (Wildman–Crippen MR) is 70.8 cm³/mol. The Balaban J connectivity index is 2.49. The first-order valence-electron chi connectivity index (χ1n) is 5.68. The number of carbonyl (C=O) groups excluding carboxylic acids is 1. The summed E-state index contributed by atoms with van der Waals surface area (Å²) >= 11 is 0. The Hall–Kier alpha value is -1.43. The first kappa shape index (κ1) is 14.6. The van der Waals surface area contributed by atoms with Crippen LogP contribution in [0.3, 0.4) is 0 Å². The molecular weight excluding hydrogens is 255 g/mol. The van der Waals surface area contributed by atoms with Gasteiger partial charge in [-0.1, -0.05) is 13.0 Å². The number of rotatable bonds is 6. The Labute approximate surface area is 108 Å². The van der Waals surface area contributed by atoms with E-state index in [4.69, 9.17) is 5.73 Å². The van der Waals surface area contributed by atoms with Crippen LogP contribution in [-0.2, 0) is 21.3 Å². The third-order valence-electron chi connectivity index (χ3n) is 2.26. The molecule has 0 heterocycles. The highest BCUT2D eigenvalue weighted by molar-refractivity contribution is 7.84. The van der Waals surface area contributed by atoms with Crippen molar-refractivity contribution >= 4 is 22.4 Å². The fourth-order valence-corrected chi connectivity index (χ4v) is 2.41. The molecule has 0 aliphatic rings. The van der Waals surface area contributed by atoms with Crippen LogP contribution in [0.4, 0.5) is 10.1 Å². The monoisotopic (exact) mass is 272 g/mol. The van der Waals surface area contributed by atoms with Gasteiger partial charge in [0.05, 0.1) is 5.69 Å². The molecule has 1 unspecified atom stereocenters. The highest BCUT2D eigenvalue weighted by Crippen LogP contribution is 2.13. The molecule has 18 heavy (non-hydrogen) atoms. The largest absolute Gasteiger partial charge is 0.396 e. The first-order chi connectivity index (χ1) is 8.52. The minimum Gasteiger partial charge on any atom is -0.396 e. The van der Waals surface area contributed by atoms with E-state index in [9.17, 15) is 13.4 Å². The number of amides is 1. The van der Waals surface area contributed by atoms with E-state index >= 15 is 0 Å². The molecule has 0 bridgehead atoms. The van der Waals surface area contributed by atoms with Crippen molar-refractivity contribution in [3.63, 3.8) is 0 Å². The van der Waals surface area contributed by atoms with Crippen molar-refractivity contribution < 1.29 is 13.4 Å². The smallest absolute Gasteiger partial charge is 0.232 e. The molecule has 0 spiro atoms. The minimum atomic E-state index is -1.34. The molecule has 4 nitrogen and oxygen atoms in total. The van der Waals surface area contributed by atoms with Crippen LogP contribution in [0.2, 0.25) is 0 Å². The fraction of sp³-hybridized carbons (Fsp3) is 0.417. The quantitative estimate of drug-likeness (QED) is 0.764. The summed E-state index contributed by atoms with van der Waals surface area (Å²) in [6, 6.07) is 4.29. The summed E-state index contributed by atoms with van der Waals surface area (Å²) in [5.41, 5.74) is 5.97. The lowest BCUT2D eigenvalue weighted by Crippen LogP contribution is -2.29. The highest BCUT2D eigenvalue weighted by Gasteiger charge is 2.09. The zero-order valence-corrected chi connectivity index (χ0v) is 11.1. The SMILES string of the molecule is CCCNC(=O)CS(=O)Cc1ccc(N)c(F)c1. The van der Waals surface area contributed by atoms with Crippen molar-refractivity contribution in [3.8, 4) is 0 Å². The number of nitrogens with one attached hydrogen (secondary N) is 1. The normalized spacial score (nSPS) is 12.1. The lowest BCUT2D eigenvalue weighted by molar-refractivity contribution is -0.118. The minimum absolute atomic E-state index is 0.0604. The number of nitrogen functional groups attached to an aromatic ring is 1. The second-order valence-electron chi connectivity index (χ2n) is 3.93. The molecule has 1 rings (SSSR count). The van der Waals surface area contributed by atoms with Gasteiger partial charge in [-0.05, 0) is 24.1 Å². The van der Waals surface area contributed by atoms with Gasteiger partial charge >= 0.3 is 0 Å². The number of nitrogens with two attached hydrogens (primary N) is 1. The van der Waals surface area contributed by atoms with Crippen LogP contribution < -0.4 is 11.1 Å². The number of benzene rings is 1. The molecule has 1 aromatic carbocycles. The summed E-state index contributed by atoms with van der Waals surface area (Å²) in [6.07, 6.45) is 0.835. The Bertz CT molecular complexity index is 452. The summed E-state index contributed by atoms with van der Waals surface area (Å²) < 4.78 is 24.8. The third-order valence-corrected chi connectivity index (χ3v) is 3.50. The van der Waals surface area contributed by atoms with E-state index in [2.05, 4.69) is 5.32 Å². The van der Waals surface area contributed by atoms with E-state index in [1.54, 1.807) is 6.07 Å². The number of hydrogen-bond donors (Lipinski definition) is 2. The second kappa shape index (κ2) is 7.10. The van der Waals surface area contributed by atoms with Gasteiger partial charge in [0.15, 0.2) is 0 Å². The predicted octanol–water partition coefficient (Wildman–Crippen LogP) is 1.18. The summed E-state index contributed by atoms with van der Waals surface area (Å²) in [6.45, 7) is 2.51. The maximum absolute atomic E-state index is 13.2. The molecule has 6 heteroatoms. The standard InChI is InChI=1S/C12H17FN2O2S/c1-2-5-15-12(16)8-18(17)7-9-3-4-11(14)10(13)6-9/h3-4,6H,2,5,7-8,14H2,1H3,(H,15,16). The molecule has 1 aromatic rings.